The van der Waals surface area contributed by atoms with Gasteiger partial charge in [-0.05, 0) is 96.3 Å². The molecule has 0 bridgehead atoms. The molecule has 0 N–H and O–H groups in total. The van der Waals surface area contributed by atoms with Crippen molar-refractivity contribution in [1.82, 2.24) is 0 Å². The van der Waals surface area contributed by atoms with Gasteiger partial charge in [-0.25, -0.2) is 0 Å². The van der Waals surface area contributed by atoms with E-state index in [1.807, 2.05) is 170 Å². The Bertz CT molecular complexity index is 4030. The molecule has 2 nitrogen and oxygen atoms in total. The predicted molar refractivity (Wildman–Crippen MR) is 255 cm³/mol. The zero-order valence-electron chi connectivity index (χ0n) is 40.1. The fourth-order valence-electron chi connectivity index (χ4n) is 8.80. The Kier molecular flexibility index (Phi) is 6.21. The molecule has 1 heterocycles. The van der Waals surface area contributed by atoms with Crippen molar-refractivity contribution >= 4 is 82.1 Å². The van der Waals surface area contributed by atoms with Crippen molar-refractivity contribution in [2.45, 2.75) is 0 Å². The minimum atomic E-state index is -0.433. The highest BCUT2D eigenvalue weighted by Crippen LogP contribution is 2.45. The number of benzene rings is 11. The van der Waals surface area contributed by atoms with Crippen LogP contribution in [0.3, 0.4) is 0 Å². The van der Waals surface area contributed by atoms with E-state index in [1.54, 1.807) is 6.07 Å². The summed E-state index contributed by atoms with van der Waals surface area (Å²) in [6.07, 6.45) is 0. The molecule has 2 heteroatoms. The van der Waals surface area contributed by atoms with Crippen molar-refractivity contribution in [3.63, 3.8) is 0 Å². The first-order valence-electron chi connectivity index (χ1n) is 23.9. The largest absolute Gasteiger partial charge is 0.455 e. The molecule has 60 heavy (non-hydrogen) atoms. The number of nitrogens with zero attached hydrogens (tertiary/aromatic N) is 1. The Hall–Kier alpha value is -7.94. The topological polar surface area (TPSA) is 16.4 Å². The molecule has 0 atom stereocenters. The number of hydrogen-bond donors (Lipinski definition) is 0. The van der Waals surface area contributed by atoms with Crippen LogP contribution in [0, 0.1) is 0 Å². The standard InChI is InChI=1S/C58H37NO/c1-2-14-38(15-3-1)47-24-12-26-53-54-27-13-25-48(58(54)60-57(47)53)39-28-32-43(33-29-39)59(56-37-42-17-5-7-19-46(42)50-21-10-11-23-52(50)56)44-34-30-40(31-35-44)55-36-41-16-4-6-18-45(41)49-20-8-9-22-51(49)55/h1-37H/i28D,29D,30D,31D,32D,33D,34D,35D. The van der Waals surface area contributed by atoms with Gasteiger partial charge in [0.1, 0.15) is 11.2 Å². The normalized spacial score (nSPS) is 13.5. The van der Waals surface area contributed by atoms with Crippen molar-refractivity contribution in [3.05, 3.63) is 224 Å². The number of rotatable bonds is 6. The summed E-state index contributed by atoms with van der Waals surface area (Å²) in [5.41, 5.74) is 3.85. The average Bonchev–Trinajstić information content (AvgIpc) is 3.77. The lowest BCUT2D eigenvalue weighted by Crippen LogP contribution is -2.10. The van der Waals surface area contributed by atoms with Crippen LogP contribution in [0.15, 0.2) is 229 Å². The van der Waals surface area contributed by atoms with E-state index in [4.69, 9.17) is 4.42 Å². The molecule has 0 spiro atoms. The number of anilines is 3. The zero-order chi connectivity index (χ0) is 46.5. The van der Waals surface area contributed by atoms with E-state index in [0.717, 1.165) is 59.6 Å². The van der Waals surface area contributed by atoms with E-state index >= 15 is 0 Å². The number of fused-ring (bicyclic) bond motifs is 9. The van der Waals surface area contributed by atoms with Crippen molar-refractivity contribution in [3.8, 4) is 33.4 Å². The maximum absolute atomic E-state index is 9.90. The third kappa shape index (κ3) is 5.50. The van der Waals surface area contributed by atoms with E-state index < -0.39 is 24.2 Å². The van der Waals surface area contributed by atoms with Crippen LogP contribution < -0.4 is 4.90 Å². The van der Waals surface area contributed by atoms with Crippen molar-refractivity contribution in [2.24, 2.45) is 0 Å². The molecule has 0 saturated heterocycles. The van der Waals surface area contributed by atoms with E-state index in [9.17, 15) is 11.0 Å². The maximum Gasteiger partial charge on any atom is 0.143 e. The molecule has 0 aliphatic rings. The van der Waals surface area contributed by atoms with Gasteiger partial charge in [0, 0.05) is 38.7 Å². The minimum absolute atomic E-state index is 0.0241. The summed E-state index contributed by atoms with van der Waals surface area (Å²) in [6, 6.07) is 53.0. The number of furan rings is 1. The SMILES string of the molecule is [2H]c1c([2H])c(N(c2c([2H])c([2H])c(-c3cccc4c3oc3c(-c5ccccc5)cccc34)c([2H])c2[2H])c2cc3ccccc3c3ccccc23)c([2H])c([2H])c1-c1cc2ccccc2c2ccccc12. The molecule has 0 saturated carbocycles. The molecule has 1 aromatic heterocycles. The van der Waals surface area contributed by atoms with Gasteiger partial charge in [0.25, 0.3) is 0 Å². The second kappa shape index (κ2) is 13.9. The smallest absolute Gasteiger partial charge is 0.143 e. The van der Waals surface area contributed by atoms with Crippen LogP contribution in [0.2, 0.25) is 0 Å². The lowest BCUT2D eigenvalue weighted by atomic mass is 9.93. The fourth-order valence-corrected chi connectivity index (χ4v) is 8.80. The summed E-state index contributed by atoms with van der Waals surface area (Å²) in [4.78, 5) is 1.41. The van der Waals surface area contributed by atoms with Crippen LogP contribution in [0.25, 0.3) is 98.4 Å². The Morgan fingerprint density at radius 3 is 1.35 bits per heavy atom. The second-order valence-corrected chi connectivity index (χ2v) is 15.0. The number of hydrogen-bond acceptors (Lipinski definition) is 2. The summed E-state index contributed by atoms with van der Waals surface area (Å²) < 4.78 is 85.3. The van der Waals surface area contributed by atoms with Crippen LogP contribution in [-0.4, -0.2) is 0 Å². The van der Waals surface area contributed by atoms with Crippen molar-refractivity contribution < 1.29 is 15.4 Å². The highest BCUT2D eigenvalue weighted by molar-refractivity contribution is 6.16. The van der Waals surface area contributed by atoms with Gasteiger partial charge < -0.3 is 9.32 Å². The molecule has 0 unspecified atom stereocenters. The van der Waals surface area contributed by atoms with Crippen LogP contribution >= 0.6 is 0 Å². The second-order valence-electron chi connectivity index (χ2n) is 15.0. The van der Waals surface area contributed by atoms with Crippen LogP contribution in [0.4, 0.5) is 17.1 Å². The third-order valence-corrected chi connectivity index (χ3v) is 11.6. The van der Waals surface area contributed by atoms with Gasteiger partial charge in [0.2, 0.25) is 0 Å². The van der Waals surface area contributed by atoms with E-state index in [0.29, 0.717) is 33.4 Å². The molecule has 12 rings (SSSR count). The Morgan fingerprint density at radius 2 is 0.750 bits per heavy atom. The monoisotopic (exact) mass is 771 g/mol. The molecule has 0 fully saturated rings. The molecule has 280 valence electrons. The maximum atomic E-state index is 9.90. The van der Waals surface area contributed by atoms with Gasteiger partial charge in [-0.3, -0.25) is 0 Å². The molecule has 0 radical (unpaired) electrons. The lowest BCUT2D eigenvalue weighted by molar-refractivity contribution is 0.671. The van der Waals surface area contributed by atoms with E-state index in [1.165, 1.54) is 4.90 Å². The molecular formula is C58H37NO. The van der Waals surface area contributed by atoms with Gasteiger partial charge in [0.15, 0.2) is 0 Å². The van der Waals surface area contributed by atoms with E-state index in [-0.39, 0.29) is 46.7 Å². The molecule has 0 amide bonds. The first-order valence-corrected chi connectivity index (χ1v) is 19.9. The first-order chi connectivity index (χ1) is 33.1. The highest BCUT2D eigenvalue weighted by Gasteiger charge is 2.20. The summed E-state index contributed by atoms with van der Waals surface area (Å²) in [7, 11) is 0. The Balaban J connectivity index is 1.14. The molecule has 0 aliphatic carbocycles. The van der Waals surface area contributed by atoms with Crippen LogP contribution in [0.1, 0.15) is 11.0 Å². The zero-order valence-corrected chi connectivity index (χ0v) is 32.1. The summed E-state index contributed by atoms with van der Waals surface area (Å²) in [6.45, 7) is 0. The van der Waals surface area contributed by atoms with Crippen LogP contribution in [0.5, 0.6) is 0 Å². The van der Waals surface area contributed by atoms with Crippen molar-refractivity contribution in [1.29, 1.82) is 0 Å². The average molecular weight is 772 g/mol. The summed E-state index contributed by atoms with van der Waals surface area (Å²) >= 11 is 0. The highest BCUT2D eigenvalue weighted by atomic mass is 16.3. The van der Waals surface area contributed by atoms with Gasteiger partial charge in [-0.2, -0.15) is 0 Å². The van der Waals surface area contributed by atoms with Gasteiger partial charge >= 0.3 is 0 Å². The predicted octanol–water partition coefficient (Wildman–Crippen LogP) is 16.7. The van der Waals surface area contributed by atoms with Gasteiger partial charge in [0.05, 0.1) is 16.7 Å². The Morgan fingerprint density at radius 1 is 0.317 bits per heavy atom. The Labute approximate surface area is 359 Å². The minimum Gasteiger partial charge on any atom is -0.455 e. The lowest BCUT2D eigenvalue weighted by Gasteiger charge is -2.28. The van der Waals surface area contributed by atoms with Crippen molar-refractivity contribution in [2.75, 3.05) is 4.90 Å². The fraction of sp³-hybridized carbons (Fsp3) is 0. The van der Waals surface area contributed by atoms with Gasteiger partial charge in [-0.15, -0.1) is 0 Å². The number of para-hydroxylation sites is 2. The van der Waals surface area contributed by atoms with Crippen LogP contribution in [-0.2, 0) is 0 Å². The third-order valence-electron chi connectivity index (χ3n) is 11.6. The quantitative estimate of drug-likeness (QED) is 0.157. The molecule has 12 aromatic rings. The van der Waals surface area contributed by atoms with E-state index in [2.05, 4.69) is 0 Å². The molecular weight excluding hydrogens is 727 g/mol. The van der Waals surface area contributed by atoms with Gasteiger partial charge in [-0.1, -0.05) is 188 Å². The summed E-state index contributed by atoms with van der Waals surface area (Å²) in [5.74, 6) is 0. The first kappa shape index (κ1) is 26.9. The molecule has 11 aromatic carbocycles. The molecule has 0 aliphatic heterocycles. The summed E-state index contributed by atoms with van der Waals surface area (Å²) in [5, 5.41) is 8.32.